The Balaban J connectivity index is 2.07. The van der Waals surface area contributed by atoms with Gasteiger partial charge in [-0.05, 0) is 30.5 Å². The van der Waals surface area contributed by atoms with E-state index in [9.17, 15) is 0 Å². The predicted octanol–water partition coefficient (Wildman–Crippen LogP) is 2.59. The van der Waals surface area contributed by atoms with Gasteiger partial charge in [-0.1, -0.05) is 24.3 Å². The minimum atomic E-state index is 0.110. The molecule has 4 N–H and O–H groups in total. The van der Waals surface area contributed by atoms with E-state index in [4.69, 9.17) is 11.1 Å². The van der Waals surface area contributed by atoms with Crippen LogP contribution in [0.4, 0.5) is 0 Å². The third-order valence-corrected chi connectivity index (χ3v) is 2.55. The Hall–Kier alpha value is -2.03. The smallest absolute Gasteiger partial charge is 0.114 e. The molecule has 0 saturated carbocycles. The molecular weight excluding hydrogens is 198 g/mol. The van der Waals surface area contributed by atoms with Gasteiger partial charge in [-0.2, -0.15) is 0 Å². The molecule has 2 aromatic rings. The van der Waals surface area contributed by atoms with Crippen molar-refractivity contribution in [1.29, 1.82) is 5.41 Å². The van der Waals surface area contributed by atoms with E-state index in [0.717, 1.165) is 12.8 Å². The number of hydrogen-bond donors (Lipinski definition) is 3. The second-order valence-corrected chi connectivity index (χ2v) is 3.76. The average molecular weight is 213 g/mol. The minimum Gasteiger partial charge on any atom is -0.384 e. The number of aryl methyl sites for hydroxylation is 1. The Labute approximate surface area is 94.5 Å². The van der Waals surface area contributed by atoms with E-state index in [0.29, 0.717) is 0 Å². The maximum atomic E-state index is 7.06. The van der Waals surface area contributed by atoms with Gasteiger partial charge in [-0.25, -0.2) is 0 Å². The van der Waals surface area contributed by atoms with E-state index in [1.807, 2.05) is 24.4 Å². The summed E-state index contributed by atoms with van der Waals surface area (Å²) < 4.78 is 0. The zero-order valence-electron chi connectivity index (χ0n) is 9.03. The lowest BCUT2D eigenvalue weighted by Crippen LogP contribution is -2.04. The summed E-state index contributed by atoms with van der Waals surface area (Å²) in [5.41, 5.74) is 7.72. The lowest BCUT2D eigenvalue weighted by atomic mass is 10.1. The molecule has 1 aromatic heterocycles. The highest BCUT2D eigenvalue weighted by atomic mass is 14.7. The molecule has 0 radical (unpaired) electrons. The van der Waals surface area contributed by atoms with Crippen LogP contribution in [0.3, 0.4) is 0 Å². The first-order valence-corrected chi connectivity index (χ1v) is 5.33. The second kappa shape index (κ2) is 4.66. The second-order valence-electron chi connectivity index (χ2n) is 3.76. The number of nitrogens with two attached hydrogens (primary N) is 1. The molecule has 0 saturated heterocycles. The maximum absolute atomic E-state index is 7.06. The molecule has 16 heavy (non-hydrogen) atoms. The number of fused-ring (bicyclic) bond motifs is 1. The highest BCUT2D eigenvalue weighted by Gasteiger charge is 2.00. The first-order chi connectivity index (χ1) is 7.77. The standard InChI is InChI=1S/C13H15N3/c14-13(15)8-4-1-5-10-9-16-12-7-3-2-6-11(10)12/h2-4,6-9,16H,1,5H2,(H3,14,15)/b8-4+. The number of benzene rings is 1. The highest BCUT2D eigenvalue weighted by Crippen LogP contribution is 2.18. The quantitative estimate of drug-likeness (QED) is 0.530. The zero-order valence-corrected chi connectivity index (χ0v) is 9.03. The van der Waals surface area contributed by atoms with Crippen molar-refractivity contribution in [2.75, 3.05) is 0 Å². The van der Waals surface area contributed by atoms with E-state index in [-0.39, 0.29) is 5.84 Å². The molecule has 3 heteroatoms. The van der Waals surface area contributed by atoms with Crippen LogP contribution in [0, 0.1) is 5.41 Å². The van der Waals surface area contributed by atoms with Crippen molar-refractivity contribution in [3.05, 3.63) is 48.2 Å². The summed E-state index contributed by atoms with van der Waals surface area (Å²) in [5, 5.41) is 8.34. The number of H-pyrrole nitrogens is 1. The number of rotatable bonds is 4. The van der Waals surface area contributed by atoms with Gasteiger partial charge in [0.05, 0.1) is 0 Å². The first kappa shape index (κ1) is 10.5. The highest BCUT2D eigenvalue weighted by molar-refractivity contribution is 5.88. The van der Waals surface area contributed by atoms with Gasteiger partial charge in [0.1, 0.15) is 5.84 Å². The van der Waals surface area contributed by atoms with Crippen molar-refractivity contribution in [2.24, 2.45) is 5.73 Å². The van der Waals surface area contributed by atoms with Crippen LogP contribution >= 0.6 is 0 Å². The van der Waals surface area contributed by atoms with Gasteiger partial charge in [-0.3, -0.25) is 5.41 Å². The van der Waals surface area contributed by atoms with Crippen molar-refractivity contribution < 1.29 is 0 Å². The monoisotopic (exact) mass is 213 g/mol. The SMILES string of the molecule is N=C(N)/C=C/CCc1c[nH]c2ccccc12. The maximum Gasteiger partial charge on any atom is 0.114 e. The molecular formula is C13H15N3. The number of aromatic amines is 1. The molecule has 0 aliphatic carbocycles. The molecule has 0 spiro atoms. The van der Waals surface area contributed by atoms with Crippen molar-refractivity contribution in [3.63, 3.8) is 0 Å². The summed E-state index contributed by atoms with van der Waals surface area (Å²) >= 11 is 0. The fourth-order valence-electron chi connectivity index (χ4n) is 1.79. The summed E-state index contributed by atoms with van der Waals surface area (Å²) in [6, 6.07) is 8.27. The largest absolute Gasteiger partial charge is 0.384 e. The molecule has 0 bridgehead atoms. The fourth-order valence-corrected chi connectivity index (χ4v) is 1.79. The topological polar surface area (TPSA) is 65.7 Å². The van der Waals surface area contributed by atoms with Gasteiger partial charge in [0.2, 0.25) is 0 Å². The molecule has 0 unspecified atom stereocenters. The molecule has 0 amide bonds. The van der Waals surface area contributed by atoms with E-state index in [1.165, 1.54) is 16.5 Å². The zero-order chi connectivity index (χ0) is 11.4. The number of allylic oxidation sites excluding steroid dienone is 1. The van der Waals surface area contributed by atoms with E-state index in [1.54, 1.807) is 6.08 Å². The fraction of sp³-hybridized carbons (Fsp3) is 0.154. The summed E-state index contributed by atoms with van der Waals surface area (Å²) in [6.45, 7) is 0. The van der Waals surface area contributed by atoms with Crippen LogP contribution in [0.15, 0.2) is 42.6 Å². The summed E-state index contributed by atoms with van der Waals surface area (Å²) in [5.74, 6) is 0.110. The molecule has 0 aliphatic rings. The summed E-state index contributed by atoms with van der Waals surface area (Å²) in [6.07, 6.45) is 7.49. The number of aromatic nitrogens is 1. The van der Waals surface area contributed by atoms with Gasteiger partial charge in [-0.15, -0.1) is 0 Å². The van der Waals surface area contributed by atoms with Crippen LogP contribution < -0.4 is 5.73 Å². The normalized spacial score (nSPS) is 11.2. The first-order valence-electron chi connectivity index (χ1n) is 5.33. The van der Waals surface area contributed by atoms with Gasteiger partial charge >= 0.3 is 0 Å². The van der Waals surface area contributed by atoms with Crippen molar-refractivity contribution in [2.45, 2.75) is 12.8 Å². The van der Waals surface area contributed by atoms with Crippen LogP contribution in [-0.4, -0.2) is 10.8 Å². The van der Waals surface area contributed by atoms with Crippen molar-refractivity contribution in [3.8, 4) is 0 Å². The lowest BCUT2D eigenvalue weighted by molar-refractivity contribution is 1.01. The van der Waals surface area contributed by atoms with Crippen molar-refractivity contribution >= 4 is 16.7 Å². The summed E-state index contributed by atoms with van der Waals surface area (Å²) in [4.78, 5) is 3.25. The number of amidine groups is 1. The van der Waals surface area contributed by atoms with Crippen LogP contribution in [0.25, 0.3) is 10.9 Å². The van der Waals surface area contributed by atoms with Gasteiger partial charge in [0.15, 0.2) is 0 Å². The van der Waals surface area contributed by atoms with Crippen LogP contribution in [0.5, 0.6) is 0 Å². The Morgan fingerprint density at radius 2 is 2.19 bits per heavy atom. The Morgan fingerprint density at radius 3 is 3.00 bits per heavy atom. The van der Waals surface area contributed by atoms with Crippen LogP contribution in [0.2, 0.25) is 0 Å². The molecule has 0 aliphatic heterocycles. The number of para-hydroxylation sites is 1. The minimum absolute atomic E-state index is 0.110. The predicted molar refractivity (Wildman–Crippen MR) is 67.7 cm³/mol. The Bertz CT molecular complexity index is 523. The van der Waals surface area contributed by atoms with Crippen LogP contribution in [-0.2, 0) is 6.42 Å². The third-order valence-electron chi connectivity index (χ3n) is 2.55. The molecule has 2 rings (SSSR count). The number of hydrogen-bond acceptors (Lipinski definition) is 1. The molecule has 1 heterocycles. The molecule has 0 fully saturated rings. The van der Waals surface area contributed by atoms with Crippen molar-refractivity contribution in [1.82, 2.24) is 4.98 Å². The van der Waals surface area contributed by atoms with E-state index in [2.05, 4.69) is 17.1 Å². The number of nitrogens with one attached hydrogen (secondary N) is 2. The van der Waals surface area contributed by atoms with E-state index >= 15 is 0 Å². The van der Waals surface area contributed by atoms with Gasteiger partial charge in [0.25, 0.3) is 0 Å². The molecule has 3 nitrogen and oxygen atoms in total. The molecule has 1 aromatic carbocycles. The average Bonchev–Trinajstić information content (AvgIpc) is 2.68. The van der Waals surface area contributed by atoms with Gasteiger partial charge < -0.3 is 10.7 Å². The summed E-state index contributed by atoms with van der Waals surface area (Å²) in [7, 11) is 0. The third kappa shape index (κ3) is 2.31. The van der Waals surface area contributed by atoms with E-state index < -0.39 is 0 Å². The molecule has 0 atom stereocenters. The van der Waals surface area contributed by atoms with Crippen LogP contribution in [0.1, 0.15) is 12.0 Å². The Morgan fingerprint density at radius 1 is 1.38 bits per heavy atom. The molecule has 82 valence electrons. The lowest BCUT2D eigenvalue weighted by Gasteiger charge is -1.95. The van der Waals surface area contributed by atoms with Gasteiger partial charge in [0, 0.05) is 17.1 Å². The Kier molecular flexibility index (Phi) is 3.05.